The van der Waals surface area contributed by atoms with E-state index in [0.29, 0.717) is 19.4 Å². The van der Waals surface area contributed by atoms with Crippen LogP contribution in [0.4, 0.5) is 0 Å². The van der Waals surface area contributed by atoms with Crippen molar-refractivity contribution in [3.8, 4) is 0 Å². The average molecular weight is 300 g/mol. The van der Waals surface area contributed by atoms with Crippen molar-refractivity contribution in [2.24, 2.45) is 0 Å². The number of hydrogen-bond acceptors (Lipinski definition) is 5. The number of carbonyl (C=O) groups excluding carboxylic acids is 1. The van der Waals surface area contributed by atoms with Gasteiger partial charge < -0.3 is 4.74 Å². The quantitative estimate of drug-likeness (QED) is 0.540. The molecule has 0 aromatic carbocycles. The van der Waals surface area contributed by atoms with Crippen LogP contribution in [0.15, 0.2) is 24.5 Å². The van der Waals surface area contributed by atoms with Gasteiger partial charge in [0.25, 0.3) is 0 Å². The Hall–Kier alpha value is -1.47. The number of ether oxygens (including phenoxy) is 1. The number of rotatable bonds is 9. The van der Waals surface area contributed by atoms with Gasteiger partial charge >= 0.3 is 5.97 Å². The second-order valence-electron chi connectivity index (χ2n) is 4.23. The number of carbonyl (C=O) groups is 1. The lowest BCUT2D eigenvalue weighted by Gasteiger charge is -2.06. The Bertz CT molecular complexity index is 502. The molecule has 20 heavy (non-hydrogen) atoms. The molecule has 0 aliphatic carbocycles. The second-order valence-corrected chi connectivity index (χ2v) is 6.15. The van der Waals surface area contributed by atoms with Crippen molar-refractivity contribution >= 4 is 16.0 Å². The highest BCUT2D eigenvalue weighted by atomic mass is 32.2. The van der Waals surface area contributed by atoms with E-state index in [1.54, 1.807) is 31.5 Å². The van der Waals surface area contributed by atoms with Crippen molar-refractivity contribution in [1.29, 1.82) is 0 Å². The first-order valence-electron chi connectivity index (χ1n) is 6.55. The fourth-order valence-electron chi connectivity index (χ4n) is 1.57. The summed E-state index contributed by atoms with van der Waals surface area (Å²) in [5.74, 6) is -0.278. The molecular weight excluding hydrogens is 280 g/mol. The molecule has 0 radical (unpaired) electrons. The lowest BCUT2D eigenvalue weighted by Crippen LogP contribution is -2.28. The molecule has 0 unspecified atom stereocenters. The zero-order valence-electron chi connectivity index (χ0n) is 11.5. The summed E-state index contributed by atoms with van der Waals surface area (Å²) in [5.41, 5.74) is 0.928. The third-order valence-corrected chi connectivity index (χ3v) is 3.98. The Kier molecular flexibility index (Phi) is 7.17. The molecule has 1 aromatic rings. The van der Waals surface area contributed by atoms with E-state index in [-0.39, 0.29) is 24.7 Å². The first kappa shape index (κ1) is 16.6. The summed E-state index contributed by atoms with van der Waals surface area (Å²) >= 11 is 0. The van der Waals surface area contributed by atoms with E-state index in [1.165, 1.54) is 0 Å². The molecule has 1 aromatic heterocycles. The van der Waals surface area contributed by atoms with Crippen molar-refractivity contribution in [3.05, 3.63) is 30.1 Å². The number of esters is 1. The monoisotopic (exact) mass is 300 g/mol. The van der Waals surface area contributed by atoms with Crippen LogP contribution in [-0.4, -0.2) is 38.3 Å². The minimum Gasteiger partial charge on any atom is -0.466 e. The summed E-state index contributed by atoms with van der Waals surface area (Å²) in [6.45, 7) is 2.33. The van der Waals surface area contributed by atoms with E-state index in [0.717, 1.165) is 5.56 Å². The smallest absolute Gasteiger partial charge is 0.305 e. The Morgan fingerprint density at radius 1 is 1.35 bits per heavy atom. The predicted molar refractivity (Wildman–Crippen MR) is 75.6 cm³/mol. The van der Waals surface area contributed by atoms with E-state index in [1.807, 2.05) is 0 Å². The number of pyridine rings is 1. The van der Waals surface area contributed by atoms with E-state index < -0.39 is 10.0 Å². The van der Waals surface area contributed by atoms with Crippen molar-refractivity contribution in [2.75, 3.05) is 18.9 Å². The molecular formula is C13H20N2O4S. The van der Waals surface area contributed by atoms with Crippen LogP contribution in [0, 0.1) is 0 Å². The zero-order valence-corrected chi connectivity index (χ0v) is 12.4. The van der Waals surface area contributed by atoms with Crippen LogP contribution in [0.5, 0.6) is 0 Å². The SMILES string of the molecule is CCOC(=O)CCCNS(=O)(=O)CCc1ccncc1. The van der Waals surface area contributed by atoms with Gasteiger partial charge in [0, 0.05) is 25.4 Å². The van der Waals surface area contributed by atoms with Crippen LogP contribution in [0.25, 0.3) is 0 Å². The fourth-order valence-corrected chi connectivity index (χ4v) is 2.67. The third kappa shape index (κ3) is 7.20. The number of hydrogen-bond donors (Lipinski definition) is 1. The average Bonchev–Trinajstić information content (AvgIpc) is 2.43. The largest absolute Gasteiger partial charge is 0.466 e. The topological polar surface area (TPSA) is 85.4 Å². The van der Waals surface area contributed by atoms with E-state index in [9.17, 15) is 13.2 Å². The molecule has 112 valence electrons. The summed E-state index contributed by atoms with van der Waals surface area (Å²) in [6.07, 6.45) is 4.37. The van der Waals surface area contributed by atoms with Crippen molar-refractivity contribution in [3.63, 3.8) is 0 Å². The van der Waals surface area contributed by atoms with Gasteiger partial charge in [-0.15, -0.1) is 0 Å². The fraction of sp³-hybridized carbons (Fsp3) is 0.538. The van der Waals surface area contributed by atoms with Gasteiger partial charge in [-0.2, -0.15) is 0 Å². The molecule has 0 saturated heterocycles. The molecule has 0 aliphatic heterocycles. The van der Waals surface area contributed by atoms with Gasteiger partial charge in [-0.1, -0.05) is 0 Å². The lowest BCUT2D eigenvalue weighted by molar-refractivity contribution is -0.143. The van der Waals surface area contributed by atoms with Gasteiger partial charge in [-0.25, -0.2) is 13.1 Å². The predicted octanol–water partition coefficient (Wildman–Crippen LogP) is 0.887. The molecule has 7 heteroatoms. The maximum absolute atomic E-state index is 11.7. The molecule has 0 aliphatic rings. The van der Waals surface area contributed by atoms with Crippen LogP contribution in [-0.2, 0) is 26.0 Å². The number of nitrogens with zero attached hydrogens (tertiary/aromatic N) is 1. The summed E-state index contributed by atoms with van der Waals surface area (Å²) in [4.78, 5) is 14.9. The van der Waals surface area contributed by atoms with Gasteiger partial charge in [0.15, 0.2) is 0 Å². The zero-order chi connectivity index (χ0) is 14.8. The summed E-state index contributed by atoms with van der Waals surface area (Å²) in [6, 6.07) is 3.58. The maximum atomic E-state index is 11.7. The Balaban J connectivity index is 2.23. The Morgan fingerprint density at radius 2 is 2.05 bits per heavy atom. The summed E-state index contributed by atoms with van der Waals surface area (Å²) < 4.78 is 30.7. The molecule has 1 heterocycles. The molecule has 0 fully saturated rings. The van der Waals surface area contributed by atoms with Crippen LogP contribution in [0.1, 0.15) is 25.3 Å². The van der Waals surface area contributed by atoms with Gasteiger partial charge in [0.1, 0.15) is 0 Å². The van der Waals surface area contributed by atoms with Crippen molar-refractivity contribution in [2.45, 2.75) is 26.2 Å². The normalized spacial score (nSPS) is 11.2. The molecule has 0 bridgehead atoms. The third-order valence-electron chi connectivity index (χ3n) is 2.59. The Morgan fingerprint density at radius 3 is 2.70 bits per heavy atom. The molecule has 0 atom stereocenters. The Labute approximate surface area is 119 Å². The van der Waals surface area contributed by atoms with E-state index in [2.05, 4.69) is 9.71 Å². The van der Waals surface area contributed by atoms with Crippen molar-refractivity contribution < 1.29 is 17.9 Å². The minimum atomic E-state index is -3.31. The highest BCUT2D eigenvalue weighted by molar-refractivity contribution is 7.89. The van der Waals surface area contributed by atoms with Crippen LogP contribution < -0.4 is 4.72 Å². The van der Waals surface area contributed by atoms with Gasteiger partial charge in [0.05, 0.1) is 12.4 Å². The van der Waals surface area contributed by atoms with Crippen LogP contribution in [0.2, 0.25) is 0 Å². The molecule has 1 rings (SSSR count). The maximum Gasteiger partial charge on any atom is 0.305 e. The molecule has 1 N–H and O–H groups in total. The minimum absolute atomic E-state index is 0.0242. The standard InChI is InChI=1S/C13H20N2O4S/c1-2-19-13(16)4-3-8-15-20(17,18)11-7-12-5-9-14-10-6-12/h5-6,9-10,15H,2-4,7-8,11H2,1H3. The van der Waals surface area contributed by atoms with Crippen molar-refractivity contribution in [1.82, 2.24) is 9.71 Å². The molecule has 0 amide bonds. The summed E-state index contributed by atoms with van der Waals surface area (Å²) in [5, 5.41) is 0. The molecule has 6 nitrogen and oxygen atoms in total. The summed E-state index contributed by atoms with van der Waals surface area (Å²) in [7, 11) is -3.31. The number of sulfonamides is 1. The lowest BCUT2D eigenvalue weighted by atomic mass is 10.2. The van der Waals surface area contributed by atoms with E-state index in [4.69, 9.17) is 4.74 Å². The number of nitrogens with one attached hydrogen (secondary N) is 1. The number of aromatic nitrogens is 1. The molecule has 0 saturated carbocycles. The molecule has 0 spiro atoms. The van der Waals surface area contributed by atoms with Crippen LogP contribution in [0.3, 0.4) is 0 Å². The van der Waals surface area contributed by atoms with E-state index >= 15 is 0 Å². The van der Waals surface area contributed by atoms with Gasteiger partial charge in [-0.05, 0) is 37.5 Å². The van der Waals surface area contributed by atoms with Gasteiger partial charge in [-0.3, -0.25) is 9.78 Å². The van der Waals surface area contributed by atoms with Gasteiger partial charge in [0.2, 0.25) is 10.0 Å². The van der Waals surface area contributed by atoms with Crippen LogP contribution >= 0.6 is 0 Å². The first-order valence-corrected chi connectivity index (χ1v) is 8.20. The number of aryl methyl sites for hydroxylation is 1. The second kappa shape index (κ2) is 8.65. The highest BCUT2D eigenvalue weighted by Crippen LogP contribution is 2.00. The first-order chi connectivity index (χ1) is 9.53. The highest BCUT2D eigenvalue weighted by Gasteiger charge is 2.10.